The fourth-order valence-corrected chi connectivity index (χ4v) is 1.90. The highest BCUT2D eigenvalue weighted by atomic mass is 16.5. The molecule has 6 heteroatoms. The van der Waals surface area contributed by atoms with E-state index >= 15 is 0 Å². The maximum absolute atomic E-state index is 5.14. The Morgan fingerprint density at radius 1 is 1.10 bits per heavy atom. The van der Waals surface area contributed by atoms with E-state index in [1.54, 1.807) is 7.11 Å². The fourth-order valence-electron chi connectivity index (χ4n) is 1.90. The van der Waals surface area contributed by atoms with Crippen LogP contribution in [0, 0.1) is 0 Å². The lowest BCUT2D eigenvalue weighted by atomic mass is 10.1. The summed E-state index contributed by atoms with van der Waals surface area (Å²) in [6.45, 7) is 4.86. The first-order valence-electron chi connectivity index (χ1n) is 7.04. The number of hydrogen-bond acceptors (Lipinski definition) is 6. The van der Waals surface area contributed by atoms with Crippen LogP contribution in [0.2, 0.25) is 0 Å². The van der Waals surface area contributed by atoms with Crippen LogP contribution in [0.3, 0.4) is 0 Å². The molecule has 0 bridgehead atoms. The van der Waals surface area contributed by atoms with Crippen LogP contribution in [0.1, 0.15) is 19.4 Å². The molecule has 0 aliphatic rings. The van der Waals surface area contributed by atoms with Crippen molar-refractivity contribution in [1.82, 2.24) is 15.0 Å². The number of aromatic nitrogens is 3. The van der Waals surface area contributed by atoms with Crippen molar-refractivity contribution in [3.05, 3.63) is 29.8 Å². The van der Waals surface area contributed by atoms with Crippen molar-refractivity contribution < 1.29 is 4.74 Å². The quantitative estimate of drug-likeness (QED) is 0.881. The van der Waals surface area contributed by atoms with Crippen LogP contribution in [-0.4, -0.2) is 35.7 Å². The molecule has 112 valence electrons. The zero-order valence-electron chi connectivity index (χ0n) is 12.9. The van der Waals surface area contributed by atoms with E-state index in [1.165, 1.54) is 5.56 Å². The molecule has 1 aromatic carbocycles. The summed E-state index contributed by atoms with van der Waals surface area (Å²) in [4.78, 5) is 14.8. The van der Waals surface area contributed by atoms with Crippen LogP contribution in [0.5, 0.6) is 6.01 Å². The highest BCUT2D eigenvalue weighted by Crippen LogP contribution is 2.22. The molecule has 1 aromatic heterocycles. The highest BCUT2D eigenvalue weighted by Gasteiger charge is 2.12. The maximum atomic E-state index is 5.14. The Labute approximate surface area is 125 Å². The summed E-state index contributed by atoms with van der Waals surface area (Å²) in [7, 11) is 3.47. The minimum absolute atomic E-state index is 0.299. The van der Waals surface area contributed by atoms with Gasteiger partial charge in [-0.15, -0.1) is 0 Å². The first kappa shape index (κ1) is 15.0. The number of methoxy groups -OCH3 is 1. The third-order valence-corrected chi connectivity index (χ3v) is 3.15. The predicted molar refractivity (Wildman–Crippen MR) is 84.4 cm³/mol. The average molecular weight is 287 g/mol. The van der Waals surface area contributed by atoms with Crippen LogP contribution >= 0.6 is 0 Å². The van der Waals surface area contributed by atoms with Gasteiger partial charge in [0.1, 0.15) is 0 Å². The Kier molecular flexibility index (Phi) is 4.92. The third kappa shape index (κ3) is 3.59. The van der Waals surface area contributed by atoms with Crippen LogP contribution in [0.15, 0.2) is 24.3 Å². The molecule has 0 unspecified atom stereocenters. The zero-order chi connectivity index (χ0) is 15.2. The van der Waals surface area contributed by atoms with Crippen LogP contribution < -0.4 is 15.0 Å². The molecule has 0 saturated heterocycles. The monoisotopic (exact) mass is 287 g/mol. The van der Waals surface area contributed by atoms with Gasteiger partial charge in [-0.05, 0) is 31.0 Å². The van der Waals surface area contributed by atoms with Crippen molar-refractivity contribution in [2.24, 2.45) is 0 Å². The van der Waals surface area contributed by atoms with Crippen molar-refractivity contribution >= 4 is 17.6 Å². The Bertz CT molecular complexity index is 585. The Hall–Kier alpha value is -2.37. The molecule has 6 nitrogen and oxygen atoms in total. The first-order chi connectivity index (χ1) is 10.2. The van der Waals surface area contributed by atoms with Gasteiger partial charge in [-0.2, -0.15) is 15.0 Å². The molecule has 0 saturated carbocycles. The van der Waals surface area contributed by atoms with Crippen molar-refractivity contribution in [2.75, 3.05) is 30.9 Å². The van der Waals surface area contributed by atoms with E-state index in [2.05, 4.69) is 51.5 Å². The Morgan fingerprint density at radius 3 is 2.38 bits per heavy atom. The van der Waals surface area contributed by atoms with Crippen molar-refractivity contribution in [2.45, 2.75) is 20.3 Å². The van der Waals surface area contributed by atoms with E-state index < -0.39 is 0 Å². The molecule has 0 radical (unpaired) electrons. The largest absolute Gasteiger partial charge is 0.467 e. The average Bonchev–Trinajstić information content (AvgIpc) is 2.54. The lowest BCUT2D eigenvalue weighted by Gasteiger charge is -2.18. The minimum Gasteiger partial charge on any atom is -0.467 e. The topological polar surface area (TPSA) is 63.2 Å². The second-order valence-electron chi connectivity index (χ2n) is 4.56. The fraction of sp³-hybridized carbons (Fsp3) is 0.400. The predicted octanol–water partition coefficient (Wildman–Crippen LogP) is 2.64. The molecule has 2 rings (SSSR count). The normalized spacial score (nSPS) is 10.3. The number of benzene rings is 1. The molecule has 0 fully saturated rings. The maximum Gasteiger partial charge on any atom is 0.322 e. The summed E-state index contributed by atoms with van der Waals surface area (Å²) in [5.74, 6) is 1.05. The van der Waals surface area contributed by atoms with Crippen LogP contribution in [0.4, 0.5) is 17.6 Å². The molecule has 0 aliphatic carbocycles. The summed E-state index contributed by atoms with van der Waals surface area (Å²) < 4.78 is 5.14. The van der Waals surface area contributed by atoms with Gasteiger partial charge in [0, 0.05) is 19.3 Å². The van der Waals surface area contributed by atoms with Gasteiger partial charge in [0.15, 0.2) is 0 Å². The van der Waals surface area contributed by atoms with Gasteiger partial charge in [-0.3, -0.25) is 0 Å². The van der Waals surface area contributed by atoms with Crippen molar-refractivity contribution in [1.29, 1.82) is 0 Å². The number of rotatable bonds is 6. The number of ether oxygens (including phenoxy) is 1. The van der Waals surface area contributed by atoms with Gasteiger partial charge in [0.2, 0.25) is 11.9 Å². The number of aryl methyl sites for hydroxylation is 1. The first-order valence-corrected chi connectivity index (χ1v) is 7.04. The van der Waals surface area contributed by atoms with Crippen LogP contribution in [-0.2, 0) is 6.42 Å². The van der Waals surface area contributed by atoms with E-state index in [-0.39, 0.29) is 0 Å². The van der Waals surface area contributed by atoms with Crippen molar-refractivity contribution in [3.8, 4) is 6.01 Å². The SMILES string of the molecule is CCNc1nc(OC)nc(N(C)c2ccc(CC)cc2)n1. The van der Waals surface area contributed by atoms with E-state index in [1.807, 2.05) is 18.9 Å². The number of hydrogen-bond donors (Lipinski definition) is 1. The molecule has 2 aromatic rings. The van der Waals surface area contributed by atoms with E-state index in [4.69, 9.17) is 4.74 Å². The summed E-state index contributed by atoms with van der Waals surface area (Å²) in [6.07, 6.45) is 1.02. The second-order valence-corrected chi connectivity index (χ2v) is 4.56. The summed E-state index contributed by atoms with van der Waals surface area (Å²) >= 11 is 0. The van der Waals surface area contributed by atoms with E-state index in [0.717, 1.165) is 18.7 Å². The molecular weight excluding hydrogens is 266 g/mol. The highest BCUT2D eigenvalue weighted by molar-refractivity contribution is 5.57. The molecule has 1 heterocycles. The van der Waals surface area contributed by atoms with Gasteiger partial charge < -0.3 is 15.0 Å². The molecule has 21 heavy (non-hydrogen) atoms. The lowest BCUT2D eigenvalue weighted by molar-refractivity contribution is 0.379. The van der Waals surface area contributed by atoms with Gasteiger partial charge in [0.25, 0.3) is 0 Å². The zero-order valence-corrected chi connectivity index (χ0v) is 12.9. The van der Waals surface area contributed by atoms with Gasteiger partial charge >= 0.3 is 6.01 Å². The number of anilines is 3. The van der Waals surface area contributed by atoms with Crippen LogP contribution in [0.25, 0.3) is 0 Å². The smallest absolute Gasteiger partial charge is 0.322 e. The Balaban J connectivity index is 2.31. The number of nitrogens with zero attached hydrogens (tertiary/aromatic N) is 4. The molecule has 1 N–H and O–H groups in total. The molecule has 0 atom stereocenters. The van der Waals surface area contributed by atoms with Crippen molar-refractivity contribution in [3.63, 3.8) is 0 Å². The molecule has 0 aliphatic heterocycles. The van der Waals surface area contributed by atoms with E-state index in [0.29, 0.717) is 17.9 Å². The summed E-state index contributed by atoms with van der Waals surface area (Å²) in [6, 6.07) is 8.63. The van der Waals surface area contributed by atoms with E-state index in [9.17, 15) is 0 Å². The standard InChI is InChI=1S/C15H21N5O/c1-5-11-7-9-12(10-8-11)20(3)14-17-13(16-6-2)18-15(19-14)21-4/h7-10H,5-6H2,1-4H3,(H,16,17,18,19). The third-order valence-electron chi connectivity index (χ3n) is 3.15. The second kappa shape index (κ2) is 6.88. The summed E-state index contributed by atoms with van der Waals surface area (Å²) in [5.41, 5.74) is 2.32. The lowest BCUT2D eigenvalue weighted by Crippen LogP contribution is -2.16. The summed E-state index contributed by atoms with van der Waals surface area (Å²) in [5, 5.41) is 3.08. The molecule has 0 amide bonds. The van der Waals surface area contributed by atoms with Gasteiger partial charge in [0.05, 0.1) is 7.11 Å². The Morgan fingerprint density at radius 2 is 1.81 bits per heavy atom. The van der Waals surface area contributed by atoms with Gasteiger partial charge in [-0.1, -0.05) is 19.1 Å². The van der Waals surface area contributed by atoms with Gasteiger partial charge in [-0.25, -0.2) is 0 Å². The molecule has 0 spiro atoms. The number of nitrogens with one attached hydrogen (secondary N) is 1. The molecular formula is C15H21N5O. The minimum atomic E-state index is 0.299.